The number of aryl methyl sites for hydroxylation is 1. The second-order valence-electron chi connectivity index (χ2n) is 6.41. The maximum Gasteiger partial charge on any atom is 0.335 e. The number of carbonyl (C=O) groups excluding carboxylic acids is 1. The highest BCUT2D eigenvalue weighted by molar-refractivity contribution is 5.89. The Kier molecular flexibility index (Phi) is 6.16. The molecule has 1 fully saturated rings. The van der Waals surface area contributed by atoms with Crippen molar-refractivity contribution in [3.05, 3.63) is 35.4 Å². The van der Waals surface area contributed by atoms with Crippen LogP contribution in [0.15, 0.2) is 24.3 Å². The van der Waals surface area contributed by atoms with Crippen molar-refractivity contribution in [2.75, 3.05) is 19.8 Å². The number of nitrogens with zero attached hydrogens (tertiary/aromatic N) is 1. The predicted octanol–water partition coefficient (Wildman–Crippen LogP) is 2.59. The minimum atomic E-state index is -0.947. The summed E-state index contributed by atoms with van der Waals surface area (Å²) in [6.45, 7) is 6.07. The Morgan fingerprint density at radius 1 is 1.35 bits per heavy atom. The number of aromatic carboxylic acids is 1. The smallest absolute Gasteiger partial charge is 0.335 e. The van der Waals surface area contributed by atoms with Gasteiger partial charge in [0.15, 0.2) is 0 Å². The van der Waals surface area contributed by atoms with Crippen LogP contribution >= 0.6 is 0 Å². The molecule has 0 spiro atoms. The van der Waals surface area contributed by atoms with E-state index in [1.807, 2.05) is 11.0 Å². The van der Waals surface area contributed by atoms with Crippen molar-refractivity contribution in [1.82, 2.24) is 4.90 Å². The maximum absolute atomic E-state index is 12.6. The SMILES string of the molecule is CC(C)CC1COCCN1C(=O)CCc1ccccc1C(=O)O. The molecule has 0 aliphatic carbocycles. The maximum atomic E-state index is 12.6. The Labute approximate surface area is 137 Å². The summed E-state index contributed by atoms with van der Waals surface area (Å²) in [4.78, 5) is 25.7. The molecule has 5 heteroatoms. The first-order valence-corrected chi connectivity index (χ1v) is 8.17. The average Bonchev–Trinajstić information content (AvgIpc) is 2.52. The van der Waals surface area contributed by atoms with E-state index in [9.17, 15) is 14.7 Å². The summed E-state index contributed by atoms with van der Waals surface area (Å²) < 4.78 is 5.51. The molecule has 1 aromatic carbocycles. The number of carboxylic acid groups (broad SMARTS) is 1. The zero-order valence-electron chi connectivity index (χ0n) is 13.8. The third-order valence-corrected chi connectivity index (χ3v) is 4.15. The number of morpholine rings is 1. The molecular weight excluding hydrogens is 294 g/mol. The van der Waals surface area contributed by atoms with Gasteiger partial charge >= 0.3 is 5.97 Å². The normalized spacial score (nSPS) is 18.2. The highest BCUT2D eigenvalue weighted by atomic mass is 16.5. The summed E-state index contributed by atoms with van der Waals surface area (Å²) in [5.41, 5.74) is 0.989. The van der Waals surface area contributed by atoms with E-state index in [0.717, 1.165) is 6.42 Å². The van der Waals surface area contributed by atoms with Gasteiger partial charge in [-0.2, -0.15) is 0 Å². The zero-order chi connectivity index (χ0) is 16.8. The van der Waals surface area contributed by atoms with Crippen molar-refractivity contribution in [3.63, 3.8) is 0 Å². The van der Waals surface area contributed by atoms with E-state index in [1.165, 1.54) is 0 Å². The van der Waals surface area contributed by atoms with Gasteiger partial charge in [-0.05, 0) is 30.4 Å². The summed E-state index contributed by atoms with van der Waals surface area (Å²) >= 11 is 0. The molecule has 1 aromatic rings. The molecule has 1 amide bonds. The Hall–Kier alpha value is -1.88. The quantitative estimate of drug-likeness (QED) is 0.875. The molecule has 23 heavy (non-hydrogen) atoms. The van der Waals surface area contributed by atoms with E-state index in [1.54, 1.807) is 18.2 Å². The minimum Gasteiger partial charge on any atom is -0.478 e. The molecule has 0 aromatic heterocycles. The lowest BCUT2D eigenvalue weighted by Gasteiger charge is -2.36. The van der Waals surface area contributed by atoms with Gasteiger partial charge in [-0.25, -0.2) is 4.79 Å². The molecule has 0 radical (unpaired) electrons. The van der Waals surface area contributed by atoms with Crippen molar-refractivity contribution < 1.29 is 19.4 Å². The fourth-order valence-electron chi connectivity index (χ4n) is 3.05. The van der Waals surface area contributed by atoms with Crippen LogP contribution in [0, 0.1) is 5.92 Å². The van der Waals surface area contributed by atoms with Crippen LogP contribution in [0.25, 0.3) is 0 Å². The molecule has 126 valence electrons. The number of hydrogen-bond acceptors (Lipinski definition) is 3. The number of rotatable bonds is 6. The standard InChI is InChI=1S/C18H25NO4/c1-13(2)11-15-12-23-10-9-19(15)17(20)8-7-14-5-3-4-6-16(14)18(21)22/h3-6,13,15H,7-12H2,1-2H3,(H,21,22). The third-order valence-electron chi connectivity index (χ3n) is 4.15. The van der Waals surface area contributed by atoms with Crippen LogP contribution in [-0.2, 0) is 16.0 Å². The fourth-order valence-corrected chi connectivity index (χ4v) is 3.05. The summed E-state index contributed by atoms with van der Waals surface area (Å²) in [5, 5.41) is 9.21. The molecule has 1 atom stereocenters. The third kappa shape index (κ3) is 4.79. The van der Waals surface area contributed by atoms with Crippen LogP contribution < -0.4 is 0 Å². The lowest BCUT2D eigenvalue weighted by molar-refractivity contribution is -0.140. The second-order valence-corrected chi connectivity index (χ2v) is 6.41. The number of ether oxygens (including phenoxy) is 1. The van der Waals surface area contributed by atoms with Gasteiger partial charge < -0.3 is 14.7 Å². The van der Waals surface area contributed by atoms with Gasteiger partial charge in [-0.1, -0.05) is 32.0 Å². The Morgan fingerprint density at radius 3 is 2.78 bits per heavy atom. The van der Waals surface area contributed by atoms with Crippen LogP contribution in [-0.4, -0.2) is 47.7 Å². The average molecular weight is 319 g/mol. The summed E-state index contributed by atoms with van der Waals surface area (Å²) in [6, 6.07) is 7.00. The molecule has 1 heterocycles. The first-order chi connectivity index (χ1) is 11.0. The molecule has 1 aliphatic heterocycles. The zero-order valence-corrected chi connectivity index (χ0v) is 13.8. The molecule has 5 nitrogen and oxygen atoms in total. The summed E-state index contributed by atoms with van der Waals surface area (Å²) in [7, 11) is 0. The van der Waals surface area contributed by atoms with E-state index in [4.69, 9.17) is 4.74 Å². The van der Waals surface area contributed by atoms with Crippen molar-refractivity contribution in [2.24, 2.45) is 5.92 Å². The van der Waals surface area contributed by atoms with Crippen molar-refractivity contribution in [2.45, 2.75) is 39.2 Å². The van der Waals surface area contributed by atoms with E-state index in [-0.39, 0.29) is 17.5 Å². The number of benzene rings is 1. The van der Waals surface area contributed by atoms with Crippen LogP contribution in [0.1, 0.15) is 42.6 Å². The Morgan fingerprint density at radius 2 is 2.09 bits per heavy atom. The first kappa shape index (κ1) is 17.5. The van der Waals surface area contributed by atoms with Gasteiger partial charge in [-0.15, -0.1) is 0 Å². The first-order valence-electron chi connectivity index (χ1n) is 8.17. The molecule has 0 bridgehead atoms. The van der Waals surface area contributed by atoms with Crippen LogP contribution in [0.5, 0.6) is 0 Å². The molecule has 1 saturated heterocycles. The summed E-state index contributed by atoms with van der Waals surface area (Å²) in [6.07, 6.45) is 1.71. The van der Waals surface area contributed by atoms with E-state index >= 15 is 0 Å². The van der Waals surface area contributed by atoms with Crippen molar-refractivity contribution in [1.29, 1.82) is 0 Å². The highest BCUT2D eigenvalue weighted by Gasteiger charge is 2.27. The molecule has 1 unspecified atom stereocenters. The topological polar surface area (TPSA) is 66.8 Å². The molecule has 1 N–H and O–H groups in total. The lowest BCUT2D eigenvalue weighted by Crippen LogP contribution is -2.49. The van der Waals surface area contributed by atoms with E-state index < -0.39 is 5.97 Å². The number of hydrogen-bond donors (Lipinski definition) is 1. The lowest BCUT2D eigenvalue weighted by atomic mass is 10.00. The van der Waals surface area contributed by atoms with E-state index in [2.05, 4.69) is 13.8 Å². The van der Waals surface area contributed by atoms with Gasteiger partial charge in [0.1, 0.15) is 0 Å². The predicted molar refractivity (Wildman–Crippen MR) is 87.5 cm³/mol. The number of amides is 1. The monoisotopic (exact) mass is 319 g/mol. The van der Waals surface area contributed by atoms with Crippen molar-refractivity contribution >= 4 is 11.9 Å². The second kappa shape index (κ2) is 8.11. The van der Waals surface area contributed by atoms with Crippen LogP contribution in [0.3, 0.4) is 0 Å². The van der Waals surface area contributed by atoms with Crippen LogP contribution in [0.4, 0.5) is 0 Å². The van der Waals surface area contributed by atoms with Gasteiger partial charge in [0, 0.05) is 13.0 Å². The van der Waals surface area contributed by atoms with Gasteiger partial charge in [0.2, 0.25) is 5.91 Å². The minimum absolute atomic E-state index is 0.0825. The largest absolute Gasteiger partial charge is 0.478 e. The Balaban J connectivity index is 1.99. The van der Waals surface area contributed by atoms with Crippen LogP contribution in [0.2, 0.25) is 0 Å². The number of carboxylic acids is 1. The molecule has 1 aliphatic rings. The van der Waals surface area contributed by atoms with Gasteiger partial charge in [0.05, 0.1) is 24.8 Å². The van der Waals surface area contributed by atoms with E-state index in [0.29, 0.717) is 44.1 Å². The van der Waals surface area contributed by atoms with Gasteiger partial charge in [0.25, 0.3) is 0 Å². The Bertz CT molecular complexity index is 556. The van der Waals surface area contributed by atoms with Crippen molar-refractivity contribution in [3.8, 4) is 0 Å². The molecular formula is C18H25NO4. The number of carbonyl (C=O) groups is 2. The van der Waals surface area contributed by atoms with Gasteiger partial charge in [-0.3, -0.25) is 4.79 Å². The molecule has 0 saturated carbocycles. The highest BCUT2D eigenvalue weighted by Crippen LogP contribution is 2.18. The molecule has 2 rings (SSSR count). The fraction of sp³-hybridized carbons (Fsp3) is 0.556. The summed E-state index contributed by atoms with van der Waals surface area (Å²) in [5.74, 6) is -0.360.